The number of nitrogens with one attached hydrogen (secondary N) is 1. The highest BCUT2D eigenvalue weighted by Gasteiger charge is 2.19. The molecule has 1 unspecified atom stereocenters. The molecule has 21 heavy (non-hydrogen) atoms. The van der Waals surface area contributed by atoms with Crippen LogP contribution >= 0.6 is 11.3 Å². The third-order valence-corrected chi connectivity index (χ3v) is 6.23. The van der Waals surface area contributed by atoms with Gasteiger partial charge in [-0.05, 0) is 31.0 Å². The van der Waals surface area contributed by atoms with Crippen molar-refractivity contribution in [2.45, 2.75) is 30.0 Å². The summed E-state index contributed by atoms with van der Waals surface area (Å²) in [5.74, 6) is 0. The third-order valence-electron chi connectivity index (χ3n) is 3.00. The van der Waals surface area contributed by atoms with Gasteiger partial charge in [-0.25, -0.2) is 13.1 Å². The van der Waals surface area contributed by atoms with Gasteiger partial charge < -0.3 is 5.11 Å². The normalized spacial score (nSPS) is 13.2. The van der Waals surface area contributed by atoms with E-state index in [-0.39, 0.29) is 12.6 Å². The second kappa shape index (κ2) is 7.17. The molecule has 0 saturated carbocycles. The van der Waals surface area contributed by atoms with Crippen LogP contribution in [0.4, 0.5) is 0 Å². The average Bonchev–Trinajstić information content (AvgIpc) is 2.89. The predicted molar refractivity (Wildman–Crippen MR) is 85.0 cm³/mol. The smallest absolute Gasteiger partial charge is 0.250 e. The summed E-state index contributed by atoms with van der Waals surface area (Å²) in [6.45, 7) is 1.88. The van der Waals surface area contributed by atoms with E-state index in [0.717, 1.165) is 10.4 Å². The van der Waals surface area contributed by atoms with Crippen LogP contribution in [-0.2, 0) is 22.9 Å². The first-order chi connectivity index (χ1) is 10.0. The second-order valence-electron chi connectivity index (χ2n) is 4.91. The number of rotatable bonds is 7. The van der Waals surface area contributed by atoms with E-state index >= 15 is 0 Å². The fraction of sp³-hybridized carbons (Fsp3) is 0.333. The molecule has 0 amide bonds. The lowest BCUT2D eigenvalue weighted by atomic mass is 10.1. The van der Waals surface area contributed by atoms with E-state index in [2.05, 4.69) is 4.72 Å². The van der Waals surface area contributed by atoms with Gasteiger partial charge in [0.25, 0.3) is 0 Å². The second-order valence-corrected chi connectivity index (χ2v) is 8.02. The van der Waals surface area contributed by atoms with Gasteiger partial charge in [-0.3, -0.25) is 0 Å². The molecular formula is C15H19NO3S2. The molecule has 0 bridgehead atoms. The fourth-order valence-corrected chi connectivity index (χ4v) is 4.68. The number of thiophene rings is 1. The molecule has 1 atom stereocenters. The van der Waals surface area contributed by atoms with Crippen LogP contribution in [0, 0.1) is 0 Å². The van der Waals surface area contributed by atoms with Crippen LogP contribution in [0.15, 0.2) is 46.7 Å². The molecule has 2 N–H and O–H groups in total. The Labute approximate surface area is 129 Å². The number of benzene rings is 1. The van der Waals surface area contributed by atoms with Gasteiger partial charge in [0.15, 0.2) is 0 Å². The zero-order valence-corrected chi connectivity index (χ0v) is 13.5. The maximum absolute atomic E-state index is 12.3. The van der Waals surface area contributed by atoms with Crippen molar-refractivity contribution >= 4 is 21.4 Å². The molecular weight excluding hydrogens is 306 g/mol. The van der Waals surface area contributed by atoms with E-state index in [1.54, 1.807) is 12.1 Å². The SMILES string of the molecule is CC(Cc1ccccc1)NS(=O)(=O)c1ccc(CCO)s1. The Morgan fingerprint density at radius 2 is 1.90 bits per heavy atom. The molecule has 1 aromatic heterocycles. The highest BCUT2D eigenvalue weighted by Crippen LogP contribution is 2.22. The van der Waals surface area contributed by atoms with Crippen molar-refractivity contribution < 1.29 is 13.5 Å². The van der Waals surface area contributed by atoms with Gasteiger partial charge in [-0.2, -0.15) is 0 Å². The molecule has 0 saturated heterocycles. The Kier molecular flexibility index (Phi) is 5.52. The lowest BCUT2D eigenvalue weighted by Crippen LogP contribution is -2.33. The van der Waals surface area contributed by atoms with Crippen molar-refractivity contribution in [3.63, 3.8) is 0 Å². The molecule has 1 heterocycles. The van der Waals surface area contributed by atoms with Gasteiger partial charge in [0, 0.05) is 23.9 Å². The Balaban J connectivity index is 2.02. The zero-order chi connectivity index (χ0) is 15.3. The number of hydrogen-bond acceptors (Lipinski definition) is 4. The van der Waals surface area contributed by atoms with Gasteiger partial charge in [0.05, 0.1) is 0 Å². The summed E-state index contributed by atoms with van der Waals surface area (Å²) < 4.78 is 27.6. The molecule has 2 aromatic rings. The standard InChI is InChI=1S/C15H19NO3S2/c1-12(11-13-5-3-2-4-6-13)16-21(18,19)15-8-7-14(20-15)9-10-17/h2-8,12,16-17H,9-11H2,1H3. The Bertz CT molecular complexity index is 665. The minimum Gasteiger partial charge on any atom is -0.396 e. The van der Waals surface area contributed by atoms with Gasteiger partial charge in [-0.1, -0.05) is 30.3 Å². The monoisotopic (exact) mass is 325 g/mol. The van der Waals surface area contributed by atoms with E-state index in [0.29, 0.717) is 17.1 Å². The molecule has 0 radical (unpaired) electrons. The van der Waals surface area contributed by atoms with Gasteiger partial charge in [0.2, 0.25) is 10.0 Å². The molecule has 6 heteroatoms. The summed E-state index contributed by atoms with van der Waals surface area (Å²) in [6.07, 6.45) is 1.13. The van der Waals surface area contributed by atoms with Crippen molar-refractivity contribution in [2.24, 2.45) is 0 Å². The maximum atomic E-state index is 12.3. The summed E-state index contributed by atoms with van der Waals surface area (Å²) in [6, 6.07) is 12.9. The molecule has 4 nitrogen and oxygen atoms in total. The van der Waals surface area contributed by atoms with E-state index < -0.39 is 10.0 Å². The topological polar surface area (TPSA) is 66.4 Å². The molecule has 0 aliphatic heterocycles. The maximum Gasteiger partial charge on any atom is 0.250 e. The van der Waals surface area contributed by atoms with Crippen molar-refractivity contribution in [3.05, 3.63) is 52.9 Å². The Hall–Kier alpha value is -1.21. The number of hydrogen-bond donors (Lipinski definition) is 2. The quantitative estimate of drug-likeness (QED) is 0.820. The first kappa shape index (κ1) is 16.2. The van der Waals surface area contributed by atoms with E-state index in [1.165, 1.54) is 11.3 Å². The largest absolute Gasteiger partial charge is 0.396 e. The summed E-state index contributed by atoms with van der Waals surface area (Å²) in [5.41, 5.74) is 1.10. The first-order valence-corrected chi connectivity index (χ1v) is 9.07. The third kappa shape index (κ3) is 4.64. The van der Waals surface area contributed by atoms with Gasteiger partial charge in [0.1, 0.15) is 4.21 Å². The lowest BCUT2D eigenvalue weighted by molar-refractivity contribution is 0.300. The number of aliphatic hydroxyl groups is 1. The van der Waals surface area contributed by atoms with Crippen LogP contribution < -0.4 is 4.72 Å². The minimum atomic E-state index is -3.49. The van der Waals surface area contributed by atoms with E-state index in [4.69, 9.17) is 5.11 Å². The van der Waals surface area contributed by atoms with Crippen LogP contribution in [0.25, 0.3) is 0 Å². The molecule has 0 spiro atoms. The van der Waals surface area contributed by atoms with Crippen LogP contribution in [0.2, 0.25) is 0 Å². The molecule has 114 valence electrons. The number of aliphatic hydroxyl groups excluding tert-OH is 1. The van der Waals surface area contributed by atoms with Crippen molar-refractivity contribution in [1.29, 1.82) is 0 Å². The summed E-state index contributed by atoms with van der Waals surface area (Å²) in [4.78, 5) is 0.869. The summed E-state index contributed by atoms with van der Waals surface area (Å²) in [5, 5.41) is 8.88. The van der Waals surface area contributed by atoms with Gasteiger partial charge in [-0.15, -0.1) is 11.3 Å². The lowest BCUT2D eigenvalue weighted by Gasteiger charge is -2.13. The van der Waals surface area contributed by atoms with Crippen LogP contribution in [0.1, 0.15) is 17.4 Å². The first-order valence-electron chi connectivity index (χ1n) is 6.77. The van der Waals surface area contributed by atoms with Crippen molar-refractivity contribution in [2.75, 3.05) is 6.61 Å². The molecule has 1 aromatic carbocycles. The molecule has 0 fully saturated rings. The van der Waals surface area contributed by atoms with Crippen LogP contribution in [0.5, 0.6) is 0 Å². The summed E-state index contributed by atoms with van der Waals surface area (Å²) in [7, 11) is -3.49. The molecule has 0 aliphatic carbocycles. The minimum absolute atomic E-state index is 0.0256. The average molecular weight is 325 g/mol. The fourth-order valence-electron chi connectivity index (χ4n) is 2.08. The molecule has 0 aliphatic rings. The van der Waals surface area contributed by atoms with E-state index in [9.17, 15) is 8.42 Å². The van der Waals surface area contributed by atoms with Crippen molar-refractivity contribution in [1.82, 2.24) is 4.72 Å². The highest BCUT2D eigenvalue weighted by molar-refractivity contribution is 7.91. The molecule has 2 rings (SSSR count). The summed E-state index contributed by atoms with van der Waals surface area (Å²) >= 11 is 1.20. The van der Waals surface area contributed by atoms with Crippen molar-refractivity contribution in [3.8, 4) is 0 Å². The Morgan fingerprint density at radius 3 is 2.57 bits per heavy atom. The number of sulfonamides is 1. The zero-order valence-electron chi connectivity index (χ0n) is 11.8. The van der Waals surface area contributed by atoms with E-state index in [1.807, 2.05) is 37.3 Å². The Morgan fingerprint density at radius 1 is 1.19 bits per heavy atom. The highest BCUT2D eigenvalue weighted by atomic mass is 32.2. The van der Waals surface area contributed by atoms with Crippen LogP contribution in [-0.4, -0.2) is 26.2 Å². The predicted octanol–water partition coefficient (Wildman–Crippen LogP) is 2.19. The van der Waals surface area contributed by atoms with Crippen LogP contribution in [0.3, 0.4) is 0 Å². The van der Waals surface area contributed by atoms with Gasteiger partial charge >= 0.3 is 0 Å².